The maximum Gasteiger partial charge on any atom is 0.371 e. The molecule has 0 bridgehead atoms. The molecular formula is C13H10N4O4. The molecule has 21 heavy (non-hydrogen) atoms. The van der Waals surface area contributed by atoms with Gasteiger partial charge in [-0.05, 0) is 18.2 Å². The number of aromatic carboxylic acids is 1. The fourth-order valence-electron chi connectivity index (χ4n) is 1.84. The van der Waals surface area contributed by atoms with Crippen molar-refractivity contribution in [3.63, 3.8) is 0 Å². The molecule has 0 radical (unpaired) electrons. The normalized spacial score (nSPS) is 10.7. The van der Waals surface area contributed by atoms with Crippen LogP contribution in [0.2, 0.25) is 0 Å². The topological polar surface area (TPSA) is 110 Å². The number of nitrogens with zero attached hydrogens (tertiary/aromatic N) is 3. The molecular weight excluding hydrogens is 276 g/mol. The monoisotopic (exact) mass is 286 g/mol. The summed E-state index contributed by atoms with van der Waals surface area (Å²) >= 11 is 0. The van der Waals surface area contributed by atoms with E-state index in [4.69, 9.17) is 9.52 Å². The number of furan rings is 1. The van der Waals surface area contributed by atoms with E-state index in [2.05, 4.69) is 15.4 Å². The largest absolute Gasteiger partial charge is 0.475 e. The highest BCUT2D eigenvalue weighted by Crippen LogP contribution is 2.09. The smallest absolute Gasteiger partial charge is 0.371 e. The lowest BCUT2D eigenvalue weighted by atomic mass is 10.3. The van der Waals surface area contributed by atoms with Crippen LogP contribution in [0.5, 0.6) is 0 Å². The molecule has 0 unspecified atom stereocenters. The summed E-state index contributed by atoms with van der Waals surface area (Å²) in [5, 5.41) is 15.4. The first-order valence-corrected chi connectivity index (χ1v) is 6.04. The third kappa shape index (κ3) is 2.46. The third-order valence-electron chi connectivity index (χ3n) is 2.82. The fraction of sp³-hybridized carbons (Fsp3) is 0.0769. The summed E-state index contributed by atoms with van der Waals surface area (Å²) in [5.41, 5.74) is 0.779. The second-order valence-corrected chi connectivity index (χ2v) is 4.20. The molecule has 0 saturated carbocycles. The molecule has 0 aliphatic heterocycles. The highest BCUT2D eigenvalue weighted by Gasteiger charge is 2.14. The van der Waals surface area contributed by atoms with Gasteiger partial charge in [-0.15, -0.1) is 0 Å². The minimum atomic E-state index is -1.15. The van der Waals surface area contributed by atoms with Crippen LogP contribution in [-0.4, -0.2) is 31.6 Å². The van der Waals surface area contributed by atoms with Crippen LogP contribution in [0.15, 0.2) is 41.2 Å². The van der Waals surface area contributed by atoms with Crippen molar-refractivity contribution in [1.29, 1.82) is 0 Å². The minimum absolute atomic E-state index is 0.0796. The van der Waals surface area contributed by atoms with E-state index in [9.17, 15) is 9.59 Å². The first kappa shape index (κ1) is 12.9. The second kappa shape index (κ2) is 5.08. The van der Waals surface area contributed by atoms with Gasteiger partial charge in [-0.2, -0.15) is 5.10 Å². The molecule has 0 aliphatic carbocycles. The Morgan fingerprint density at radius 3 is 3.00 bits per heavy atom. The summed E-state index contributed by atoms with van der Waals surface area (Å²) in [7, 11) is 0. The van der Waals surface area contributed by atoms with Gasteiger partial charge in [0.1, 0.15) is 11.3 Å². The van der Waals surface area contributed by atoms with Crippen molar-refractivity contribution in [2.75, 3.05) is 0 Å². The molecule has 3 heterocycles. The Balaban J connectivity index is 1.72. The number of rotatable bonds is 4. The van der Waals surface area contributed by atoms with Crippen molar-refractivity contribution in [3.05, 3.63) is 53.9 Å². The van der Waals surface area contributed by atoms with E-state index in [0.717, 1.165) is 0 Å². The molecule has 0 spiro atoms. The van der Waals surface area contributed by atoms with Crippen molar-refractivity contribution < 1.29 is 19.1 Å². The average Bonchev–Trinajstić information content (AvgIpc) is 3.11. The number of carbonyl (C=O) groups excluding carboxylic acids is 1. The predicted octanol–water partition coefficient (Wildman–Crippen LogP) is 0.951. The molecule has 1 amide bonds. The number of carbonyl (C=O) groups is 2. The number of hydrogen-bond acceptors (Lipinski definition) is 5. The predicted molar refractivity (Wildman–Crippen MR) is 69.8 cm³/mol. The lowest BCUT2D eigenvalue weighted by Crippen LogP contribution is -2.22. The fourth-order valence-corrected chi connectivity index (χ4v) is 1.84. The van der Waals surface area contributed by atoms with E-state index >= 15 is 0 Å². The van der Waals surface area contributed by atoms with Crippen molar-refractivity contribution in [3.8, 4) is 0 Å². The van der Waals surface area contributed by atoms with Gasteiger partial charge in [0, 0.05) is 12.4 Å². The van der Waals surface area contributed by atoms with Crippen LogP contribution >= 0.6 is 0 Å². The van der Waals surface area contributed by atoms with Crippen LogP contribution in [0.4, 0.5) is 0 Å². The van der Waals surface area contributed by atoms with Crippen molar-refractivity contribution in [2.24, 2.45) is 0 Å². The zero-order chi connectivity index (χ0) is 14.8. The molecule has 3 aromatic rings. The van der Waals surface area contributed by atoms with Gasteiger partial charge in [-0.25, -0.2) is 14.3 Å². The minimum Gasteiger partial charge on any atom is -0.475 e. The second-order valence-electron chi connectivity index (χ2n) is 4.20. The SMILES string of the molecule is O=C(O)c1ccc(CNC(=O)c2cnn3cccnc23)o1. The summed E-state index contributed by atoms with van der Waals surface area (Å²) in [4.78, 5) is 26.8. The highest BCUT2D eigenvalue weighted by molar-refractivity contribution is 5.99. The molecule has 0 fully saturated rings. The number of carboxylic acids is 1. The molecule has 0 atom stereocenters. The van der Waals surface area contributed by atoms with Crippen molar-refractivity contribution >= 4 is 17.5 Å². The number of fused-ring (bicyclic) bond motifs is 1. The molecule has 0 aromatic carbocycles. The number of hydrogen-bond donors (Lipinski definition) is 2. The molecule has 2 N–H and O–H groups in total. The molecule has 0 saturated heterocycles. The molecule has 0 aliphatic rings. The Morgan fingerprint density at radius 1 is 1.38 bits per heavy atom. The summed E-state index contributed by atoms with van der Waals surface area (Å²) in [6, 6.07) is 4.54. The summed E-state index contributed by atoms with van der Waals surface area (Å²) in [6.45, 7) is 0.0796. The van der Waals surface area contributed by atoms with E-state index in [-0.39, 0.29) is 18.2 Å². The van der Waals surface area contributed by atoms with Crippen molar-refractivity contribution in [1.82, 2.24) is 19.9 Å². The Labute approximate surface area is 118 Å². The zero-order valence-corrected chi connectivity index (χ0v) is 10.7. The zero-order valence-electron chi connectivity index (χ0n) is 10.7. The molecule has 8 heteroatoms. The summed E-state index contributed by atoms with van der Waals surface area (Å²) < 4.78 is 6.54. The van der Waals surface area contributed by atoms with Crippen LogP contribution < -0.4 is 5.32 Å². The quantitative estimate of drug-likeness (QED) is 0.739. The average molecular weight is 286 g/mol. The highest BCUT2D eigenvalue weighted by atomic mass is 16.4. The lowest BCUT2D eigenvalue weighted by molar-refractivity contribution is 0.0660. The standard InChI is InChI=1S/C13H10N4O4/c18-12(9-7-16-17-5-1-4-14-11(9)17)15-6-8-2-3-10(21-8)13(19)20/h1-5,7H,6H2,(H,15,18)(H,19,20). The van der Waals surface area contributed by atoms with Gasteiger partial charge in [0.05, 0.1) is 12.7 Å². The van der Waals surface area contributed by atoms with E-state index in [1.54, 1.807) is 18.5 Å². The van der Waals surface area contributed by atoms with Gasteiger partial charge < -0.3 is 14.8 Å². The lowest BCUT2D eigenvalue weighted by Gasteiger charge is -2.01. The van der Waals surface area contributed by atoms with Crippen LogP contribution in [0, 0.1) is 0 Å². The third-order valence-corrected chi connectivity index (χ3v) is 2.82. The maximum absolute atomic E-state index is 12.1. The van der Waals surface area contributed by atoms with E-state index in [1.165, 1.54) is 22.8 Å². The molecule has 106 valence electrons. The van der Waals surface area contributed by atoms with Gasteiger partial charge in [-0.1, -0.05) is 0 Å². The van der Waals surface area contributed by atoms with Gasteiger partial charge in [0.2, 0.25) is 5.76 Å². The van der Waals surface area contributed by atoms with Crippen LogP contribution in [0.25, 0.3) is 5.65 Å². The van der Waals surface area contributed by atoms with Gasteiger partial charge in [0.25, 0.3) is 5.91 Å². The van der Waals surface area contributed by atoms with E-state index in [1.807, 2.05) is 0 Å². The Bertz CT molecular complexity index is 820. The van der Waals surface area contributed by atoms with E-state index < -0.39 is 5.97 Å². The molecule has 3 aromatic heterocycles. The van der Waals surface area contributed by atoms with E-state index in [0.29, 0.717) is 17.0 Å². The molecule has 3 rings (SSSR count). The van der Waals surface area contributed by atoms with Crippen LogP contribution in [-0.2, 0) is 6.54 Å². The van der Waals surface area contributed by atoms with Gasteiger partial charge in [-0.3, -0.25) is 4.79 Å². The van der Waals surface area contributed by atoms with Crippen LogP contribution in [0.3, 0.4) is 0 Å². The number of aromatic nitrogens is 3. The Hall–Kier alpha value is -3.16. The van der Waals surface area contributed by atoms with Gasteiger partial charge >= 0.3 is 5.97 Å². The van der Waals surface area contributed by atoms with Crippen molar-refractivity contribution in [2.45, 2.75) is 6.54 Å². The Morgan fingerprint density at radius 2 is 2.24 bits per heavy atom. The molecule has 8 nitrogen and oxygen atoms in total. The number of amides is 1. The van der Waals surface area contributed by atoms with Crippen LogP contribution in [0.1, 0.15) is 26.7 Å². The first-order valence-electron chi connectivity index (χ1n) is 6.04. The number of carboxylic acid groups (broad SMARTS) is 1. The summed E-state index contributed by atoms with van der Waals surface area (Å²) in [5.74, 6) is -1.33. The first-order chi connectivity index (χ1) is 10.1. The maximum atomic E-state index is 12.1. The number of nitrogens with one attached hydrogen (secondary N) is 1. The Kier molecular flexibility index (Phi) is 3.11. The van der Waals surface area contributed by atoms with Gasteiger partial charge in [0.15, 0.2) is 5.65 Å². The summed E-state index contributed by atoms with van der Waals surface area (Å²) in [6.07, 6.45) is 4.67.